The van der Waals surface area contributed by atoms with Crippen molar-refractivity contribution in [2.24, 2.45) is 0 Å². The molecule has 0 saturated heterocycles. The maximum absolute atomic E-state index is 12.8. The van der Waals surface area contributed by atoms with E-state index in [2.05, 4.69) is 12.2 Å². The Bertz CT molecular complexity index is 457. The molecule has 1 amide bonds. The van der Waals surface area contributed by atoms with Crippen LogP contribution in [0.3, 0.4) is 0 Å². The van der Waals surface area contributed by atoms with Gasteiger partial charge in [-0.2, -0.15) is 0 Å². The molecule has 1 N–H and O–H groups in total. The topological polar surface area (TPSA) is 46.2 Å². The first-order chi connectivity index (χ1) is 10.6. The number of halogens is 1. The molecule has 0 spiro atoms. The number of amides is 1. The van der Waals surface area contributed by atoms with Crippen molar-refractivity contribution in [1.82, 2.24) is 5.32 Å². The molecule has 1 aromatic rings. The van der Waals surface area contributed by atoms with Gasteiger partial charge < -0.3 is 5.32 Å². The highest BCUT2D eigenvalue weighted by Crippen LogP contribution is 2.07. The number of hydrogen-bond donors (Lipinski definition) is 1. The van der Waals surface area contributed by atoms with E-state index in [4.69, 9.17) is 0 Å². The molecule has 22 heavy (non-hydrogen) atoms. The number of unbranched alkanes of at least 4 members (excludes halogenated alkanes) is 5. The van der Waals surface area contributed by atoms with E-state index in [0.29, 0.717) is 12.1 Å². The Balaban J connectivity index is 2.10. The van der Waals surface area contributed by atoms with Crippen molar-refractivity contribution in [2.45, 2.75) is 58.3 Å². The summed E-state index contributed by atoms with van der Waals surface area (Å²) in [5.41, 5.74) is 0.449. The Morgan fingerprint density at radius 1 is 0.955 bits per heavy atom. The van der Waals surface area contributed by atoms with Crippen molar-refractivity contribution >= 4 is 11.7 Å². The van der Waals surface area contributed by atoms with Gasteiger partial charge in [0, 0.05) is 24.9 Å². The number of benzene rings is 1. The fraction of sp³-hybridized carbons (Fsp3) is 0.556. The zero-order valence-electron chi connectivity index (χ0n) is 13.4. The van der Waals surface area contributed by atoms with Crippen molar-refractivity contribution in [1.29, 1.82) is 0 Å². The van der Waals surface area contributed by atoms with Gasteiger partial charge in [0.25, 0.3) is 0 Å². The summed E-state index contributed by atoms with van der Waals surface area (Å²) < 4.78 is 12.8. The van der Waals surface area contributed by atoms with E-state index in [-0.39, 0.29) is 30.3 Å². The largest absolute Gasteiger partial charge is 0.356 e. The molecule has 0 bridgehead atoms. The number of carbonyl (C=O) groups excluding carboxylic acids is 2. The normalized spacial score (nSPS) is 10.5. The van der Waals surface area contributed by atoms with Gasteiger partial charge in [0.05, 0.1) is 0 Å². The summed E-state index contributed by atoms with van der Waals surface area (Å²) in [6, 6.07) is 5.41. The Morgan fingerprint density at radius 2 is 1.59 bits per heavy atom. The number of hydrogen-bond acceptors (Lipinski definition) is 2. The highest BCUT2D eigenvalue weighted by atomic mass is 19.1. The minimum absolute atomic E-state index is 0.0935. The number of nitrogens with one attached hydrogen (secondary N) is 1. The SMILES string of the molecule is CCCCCCCCNC(=O)CCC(=O)c1ccc(F)cc1. The van der Waals surface area contributed by atoms with Crippen molar-refractivity contribution in [3.63, 3.8) is 0 Å². The Kier molecular flexibility index (Phi) is 9.12. The molecular weight excluding hydrogens is 281 g/mol. The molecule has 0 radical (unpaired) electrons. The molecule has 0 aliphatic heterocycles. The van der Waals surface area contributed by atoms with Crippen LogP contribution in [0.2, 0.25) is 0 Å². The number of carbonyl (C=O) groups is 2. The summed E-state index contributed by atoms with van der Waals surface area (Å²) in [5, 5.41) is 2.84. The van der Waals surface area contributed by atoms with E-state index < -0.39 is 0 Å². The smallest absolute Gasteiger partial charge is 0.220 e. The van der Waals surface area contributed by atoms with Crippen molar-refractivity contribution < 1.29 is 14.0 Å². The second-order valence-electron chi connectivity index (χ2n) is 5.55. The fourth-order valence-electron chi connectivity index (χ4n) is 2.23. The predicted octanol–water partition coefficient (Wildman–Crippen LogP) is 4.27. The molecule has 0 atom stereocenters. The highest BCUT2D eigenvalue weighted by molar-refractivity contribution is 5.97. The molecule has 0 aliphatic rings. The summed E-state index contributed by atoms with van der Waals surface area (Å²) in [6.07, 6.45) is 7.45. The van der Waals surface area contributed by atoms with Crippen LogP contribution < -0.4 is 5.32 Å². The molecule has 0 aromatic heterocycles. The lowest BCUT2D eigenvalue weighted by Gasteiger charge is -2.05. The van der Waals surface area contributed by atoms with Gasteiger partial charge in [-0.25, -0.2) is 4.39 Å². The summed E-state index contributed by atoms with van der Waals surface area (Å²) in [6.45, 7) is 2.86. The molecule has 3 nitrogen and oxygen atoms in total. The molecular formula is C18H26FNO2. The van der Waals surface area contributed by atoms with Crippen LogP contribution in [0.5, 0.6) is 0 Å². The van der Waals surface area contributed by atoms with Crippen molar-refractivity contribution in [3.8, 4) is 0 Å². The lowest BCUT2D eigenvalue weighted by molar-refractivity contribution is -0.121. The molecule has 0 aliphatic carbocycles. The van der Waals surface area contributed by atoms with Crippen molar-refractivity contribution in [3.05, 3.63) is 35.6 Å². The van der Waals surface area contributed by atoms with Gasteiger partial charge in [-0.15, -0.1) is 0 Å². The van der Waals surface area contributed by atoms with Crippen LogP contribution in [-0.4, -0.2) is 18.2 Å². The summed E-state index contributed by atoms with van der Waals surface area (Å²) in [7, 11) is 0. The third-order valence-electron chi connectivity index (χ3n) is 3.60. The average Bonchev–Trinajstić information content (AvgIpc) is 2.52. The molecule has 0 saturated carbocycles. The third-order valence-corrected chi connectivity index (χ3v) is 3.60. The number of rotatable bonds is 11. The van der Waals surface area contributed by atoms with E-state index in [1.165, 1.54) is 49.9 Å². The van der Waals surface area contributed by atoms with Crippen molar-refractivity contribution in [2.75, 3.05) is 6.54 Å². The first-order valence-corrected chi connectivity index (χ1v) is 8.19. The minimum atomic E-state index is -0.367. The molecule has 1 rings (SSSR count). The van der Waals surface area contributed by atoms with Crippen LogP contribution in [-0.2, 0) is 4.79 Å². The van der Waals surface area contributed by atoms with E-state index in [0.717, 1.165) is 12.8 Å². The van der Waals surface area contributed by atoms with Gasteiger partial charge >= 0.3 is 0 Å². The lowest BCUT2D eigenvalue weighted by atomic mass is 10.1. The summed E-state index contributed by atoms with van der Waals surface area (Å²) >= 11 is 0. The monoisotopic (exact) mass is 307 g/mol. The van der Waals surface area contributed by atoms with Crippen LogP contribution in [0.15, 0.2) is 24.3 Å². The maximum Gasteiger partial charge on any atom is 0.220 e. The summed E-state index contributed by atoms with van der Waals surface area (Å²) in [5.74, 6) is -0.591. The Hall–Kier alpha value is -1.71. The molecule has 0 unspecified atom stereocenters. The van der Waals surface area contributed by atoms with Crippen LogP contribution in [0.25, 0.3) is 0 Å². The molecule has 0 fully saturated rings. The predicted molar refractivity (Wildman–Crippen MR) is 86.4 cm³/mol. The first-order valence-electron chi connectivity index (χ1n) is 8.19. The van der Waals surface area contributed by atoms with Gasteiger partial charge in [-0.05, 0) is 30.7 Å². The highest BCUT2D eigenvalue weighted by Gasteiger charge is 2.09. The zero-order valence-corrected chi connectivity index (χ0v) is 13.4. The number of ketones is 1. The average molecular weight is 307 g/mol. The van der Waals surface area contributed by atoms with Gasteiger partial charge in [-0.3, -0.25) is 9.59 Å². The molecule has 4 heteroatoms. The first kappa shape index (κ1) is 18.3. The molecule has 0 heterocycles. The summed E-state index contributed by atoms with van der Waals surface area (Å²) in [4.78, 5) is 23.5. The van der Waals surface area contributed by atoms with Gasteiger partial charge in [0.2, 0.25) is 5.91 Å². The second kappa shape index (κ2) is 10.9. The second-order valence-corrected chi connectivity index (χ2v) is 5.55. The molecule has 122 valence electrons. The Morgan fingerprint density at radius 3 is 2.27 bits per heavy atom. The number of Topliss-reactive ketones (excluding diaryl/α,β-unsaturated/α-hetero) is 1. The quantitative estimate of drug-likeness (QED) is 0.490. The fourth-order valence-corrected chi connectivity index (χ4v) is 2.23. The van der Waals surface area contributed by atoms with Gasteiger partial charge in [0.1, 0.15) is 5.82 Å². The van der Waals surface area contributed by atoms with E-state index in [1.54, 1.807) is 0 Å². The van der Waals surface area contributed by atoms with Crippen LogP contribution >= 0.6 is 0 Å². The third kappa shape index (κ3) is 7.91. The van der Waals surface area contributed by atoms with Gasteiger partial charge in [-0.1, -0.05) is 39.0 Å². The maximum atomic E-state index is 12.8. The lowest BCUT2D eigenvalue weighted by Crippen LogP contribution is -2.24. The molecule has 1 aromatic carbocycles. The van der Waals surface area contributed by atoms with Gasteiger partial charge in [0.15, 0.2) is 5.78 Å². The van der Waals surface area contributed by atoms with Crippen LogP contribution in [0, 0.1) is 5.82 Å². The van der Waals surface area contributed by atoms with Crippen LogP contribution in [0.4, 0.5) is 4.39 Å². The van der Waals surface area contributed by atoms with E-state index >= 15 is 0 Å². The van der Waals surface area contributed by atoms with E-state index in [9.17, 15) is 14.0 Å². The Labute approximate surface area is 132 Å². The van der Waals surface area contributed by atoms with E-state index in [1.807, 2.05) is 0 Å². The minimum Gasteiger partial charge on any atom is -0.356 e. The zero-order chi connectivity index (χ0) is 16.2. The standard InChI is InChI=1S/C18H26FNO2/c1-2-3-4-5-6-7-14-20-18(22)13-12-17(21)15-8-10-16(19)11-9-15/h8-11H,2-7,12-14H2,1H3,(H,20,22). The van der Waals surface area contributed by atoms with Crippen LogP contribution in [0.1, 0.15) is 68.6 Å².